The smallest absolute Gasteiger partial charge is 0.127 e. The first-order chi connectivity index (χ1) is 9.70. The zero-order chi connectivity index (χ0) is 14.4. The van der Waals surface area contributed by atoms with E-state index in [2.05, 4.69) is 68.6 Å². The number of fused-ring (bicyclic) bond motifs is 1. The fourth-order valence-corrected chi connectivity index (χ4v) is 2.54. The Morgan fingerprint density at radius 3 is 2.60 bits per heavy atom. The number of rotatable bonds is 7. The average molecular weight is 271 g/mol. The first-order valence-corrected chi connectivity index (χ1v) is 7.58. The van der Waals surface area contributed by atoms with Crippen LogP contribution in [-0.2, 0) is 0 Å². The molecule has 1 N–H and O–H groups in total. The lowest BCUT2D eigenvalue weighted by Crippen LogP contribution is -2.31. The Hall–Kier alpha value is -1.54. The van der Waals surface area contributed by atoms with Gasteiger partial charge >= 0.3 is 0 Å². The molecule has 0 saturated carbocycles. The molecule has 108 valence electrons. The summed E-state index contributed by atoms with van der Waals surface area (Å²) < 4.78 is 6.14. The van der Waals surface area contributed by atoms with Crippen LogP contribution in [0.5, 0.6) is 5.75 Å². The van der Waals surface area contributed by atoms with Crippen molar-refractivity contribution < 1.29 is 4.74 Å². The van der Waals surface area contributed by atoms with Gasteiger partial charge in [-0.2, -0.15) is 0 Å². The van der Waals surface area contributed by atoms with E-state index in [0.29, 0.717) is 6.04 Å². The molecule has 0 spiro atoms. The molecule has 0 aliphatic heterocycles. The van der Waals surface area contributed by atoms with Gasteiger partial charge in [0.25, 0.3) is 0 Å². The molecule has 2 atom stereocenters. The molecule has 0 bridgehead atoms. The molecule has 2 unspecified atom stereocenters. The minimum absolute atomic E-state index is 0.208. The molecule has 20 heavy (non-hydrogen) atoms. The van der Waals surface area contributed by atoms with Crippen LogP contribution in [0.15, 0.2) is 42.5 Å². The molecule has 2 aromatic rings. The zero-order valence-electron chi connectivity index (χ0n) is 12.7. The lowest BCUT2D eigenvalue weighted by Gasteiger charge is -2.20. The predicted octanol–water partition coefficient (Wildman–Crippen LogP) is 4.39. The van der Waals surface area contributed by atoms with E-state index in [0.717, 1.165) is 18.7 Å². The summed E-state index contributed by atoms with van der Waals surface area (Å²) in [6, 6.07) is 15.1. The topological polar surface area (TPSA) is 21.3 Å². The van der Waals surface area contributed by atoms with E-state index in [1.165, 1.54) is 17.2 Å². The van der Waals surface area contributed by atoms with Crippen molar-refractivity contribution >= 4 is 10.8 Å². The number of benzene rings is 2. The molecule has 0 fully saturated rings. The van der Waals surface area contributed by atoms with Crippen molar-refractivity contribution in [3.63, 3.8) is 0 Å². The second-order valence-electron chi connectivity index (χ2n) is 5.50. The van der Waals surface area contributed by atoms with Gasteiger partial charge in [-0.05, 0) is 44.7 Å². The van der Waals surface area contributed by atoms with Crippen LogP contribution in [0.3, 0.4) is 0 Å². The summed E-state index contributed by atoms with van der Waals surface area (Å²) in [5.74, 6) is 0.985. The fraction of sp³-hybridized carbons (Fsp3) is 0.444. The molecule has 0 aromatic heterocycles. The van der Waals surface area contributed by atoms with Crippen molar-refractivity contribution in [1.29, 1.82) is 0 Å². The van der Waals surface area contributed by atoms with Crippen LogP contribution in [-0.4, -0.2) is 18.7 Å². The highest BCUT2D eigenvalue weighted by atomic mass is 16.5. The van der Waals surface area contributed by atoms with Crippen LogP contribution in [0, 0.1) is 0 Å². The second kappa shape index (κ2) is 7.30. The van der Waals surface area contributed by atoms with Crippen LogP contribution in [0.1, 0.15) is 33.6 Å². The van der Waals surface area contributed by atoms with E-state index in [1.54, 1.807) is 0 Å². The molecule has 0 heterocycles. The molecular formula is C18H25NO. The van der Waals surface area contributed by atoms with Crippen LogP contribution in [0.25, 0.3) is 10.8 Å². The number of nitrogens with one attached hydrogen (secondary N) is 1. The van der Waals surface area contributed by atoms with Crippen LogP contribution >= 0.6 is 0 Å². The maximum Gasteiger partial charge on any atom is 0.127 e. The van der Waals surface area contributed by atoms with Crippen molar-refractivity contribution in [1.82, 2.24) is 5.32 Å². The molecule has 0 radical (unpaired) electrons. The lowest BCUT2D eigenvalue weighted by molar-refractivity contribution is 0.198. The SMILES string of the molecule is CCCNC(C)CC(C)Oc1cccc2ccccc12. The number of hydrogen-bond donors (Lipinski definition) is 1. The molecule has 0 aliphatic rings. The van der Waals surface area contributed by atoms with Gasteiger partial charge in [0.05, 0.1) is 6.10 Å². The Bertz CT molecular complexity index is 532. The maximum atomic E-state index is 6.14. The van der Waals surface area contributed by atoms with Gasteiger partial charge in [-0.25, -0.2) is 0 Å². The van der Waals surface area contributed by atoms with Crippen LogP contribution in [0.2, 0.25) is 0 Å². The summed E-state index contributed by atoms with van der Waals surface area (Å²) in [6.07, 6.45) is 2.40. The summed E-state index contributed by atoms with van der Waals surface area (Å²) in [6.45, 7) is 7.63. The highest BCUT2D eigenvalue weighted by Gasteiger charge is 2.11. The number of ether oxygens (including phenoxy) is 1. The van der Waals surface area contributed by atoms with Crippen molar-refractivity contribution in [2.24, 2.45) is 0 Å². The van der Waals surface area contributed by atoms with Crippen molar-refractivity contribution in [3.8, 4) is 5.75 Å². The summed E-state index contributed by atoms with van der Waals surface area (Å²) in [7, 11) is 0. The van der Waals surface area contributed by atoms with Crippen molar-refractivity contribution in [2.75, 3.05) is 6.54 Å². The minimum atomic E-state index is 0.208. The van der Waals surface area contributed by atoms with E-state index >= 15 is 0 Å². The summed E-state index contributed by atoms with van der Waals surface area (Å²) in [5, 5.41) is 5.93. The van der Waals surface area contributed by atoms with Gasteiger partial charge in [0.15, 0.2) is 0 Å². The standard InChI is InChI=1S/C18H25NO/c1-4-12-19-14(2)13-15(3)20-18-11-7-9-16-8-5-6-10-17(16)18/h5-11,14-15,19H,4,12-13H2,1-3H3. The largest absolute Gasteiger partial charge is 0.490 e. The van der Waals surface area contributed by atoms with Gasteiger partial charge in [0.1, 0.15) is 5.75 Å². The molecule has 0 saturated heterocycles. The lowest BCUT2D eigenvalue weighted by atomic mass is 10.1. The molecule has 2 rings (SSSR count). The summed E-state index contributed by atoms with van der Waals surface area (Å²) >= 11 is 0. The Balaban J connectivity index is 2.01. The van der Waals surface area contributed by atoms with Gasteiger partial charge in [-0.15, -0.1) is 0 Å². The number of hydrogen-bond acceptors (Lipinski definition) is 2. The molecule has 0 aliphatic carbocycles. The zero-order valence-corrected chi connectivity index (χ0v) is 12.7. The van der Waals surface area contributed by atoms with Gasteiger partial charge < -0.3 is 10.1 Å². The van der Waals surface area contributed by atoms with Gasteiger partial charge in [-0.1, -0.05) is 43.3 Å². The predicted molar refractivity (Wildman–Crippen MR) is 86.4 cm³/mol. The third-order valence-corrected chi connectivity index (χ3v) is 3.51. The first-order valence-electron chi connectivity index (χ1n) is 7.58. The minimum Gasteiger partial charge on any atom is -0.490 e. The van der Waals surface area contributed by atoms with Crippen molar-refractivity contribution in [2.45, 2.75) is 45.8 Å². The van der Waals surface area contributed by atoms with E-state index in [4.69, 9.17) is 4.74 Å². The fourth-order valence-electron chi connectivity index (χ4n) is 2.54. The monoisotopic (exact) mass is 271 g/mol. The van der Waals surface area contributed by atoms with Crippen LogP contribution < -0.4 is 10.1 Å². The first kappa shape index (κ1) is 14.9. The van der Waals surface area contributed by atoms with E-state index in [-0.39, 0.29) is 6.10 Å². The molecule has 0 amide bonds. The summed E-state index contributed by atoms with van der Waals surface area (Å²) in [5.41, 5.74) is 0. The second-order valence-corrected chi connectivity index (χ2v) is 5.50. The van der Waals surface area contributed by atoms with Crippen LogP contribution in [0.4, 0.5) is 0 Å². The van der Waals surface area contributed by atoms with Gasteiger partial charge in [0, 0.05) is 11.4 Å². The third kappa shape index (κ3) is 3.97. The highest BCUT2D eigenvalue weighted by molar-refractivity contribution is 5.88. The van der Waals surface area contributed by atoms with E-state index in [1.807, 2.05) is 0 Å². The highest BCUT2D eigenvalue weighted by Crippen LogP contribution is 2.26. The van der Waals surface area contributed by atoms with Gasteiger partial charge in [-0.3, -0.25) is 0 Å². The molecule has 2 heteroatoms. The van der Waals surface area contributed by atoms with E-state index in [9.17, 15) is 0 Å². The molecular weight excluding hydrogens is 246 g/mol. The Kier molecular flexibility index (Phi) is 5.42. The van der Waals surface area contributed by atoms with Crippen molar-refractivity contribution in [3.05, 3.63) is 42.5 Å². The van der Waals surface area contributed by atoms with Gasteiger partial charge in [0.2, 0.25) is 0 Å². The molecule has 2 nitrogen and oxygen atoms in total. The Morgan fingerprint density at radius 2 is 1.80 bits per heavy atom. The quantitative estimate of drug-likeness (QED) is 0.806. The Labute approximate surface area is 122 Å². The maximum absolute atomic E-state index is 6.14. The summed E-state index contributed by atoms with van der Waals surface area (Å²) in [4.78, 5) is 0. The Morgan fingerprint density at radius 1 is 1.05 bits per heavy atom. The normalized spacial score (nSPS) is 14.2. The molecule has 2 aromatic carbocycles. The average Bonchev–Trinajstić information content (AvgIpc) is 2.45. The van der Waals surface area contributed by atoms with E-state index < -0.39 is 0 Å². The third-order valence-electron chi connectivity index (χ3n) is 3.51.